The van der Waals surface area contributed by atoms with Gasteiger partial charge in [0.1, 0.15) is 0 Å². The van der Waals surface area contributed by atoms with E-state index in [0.717, 1.165) is 11.8 Å². The predicted molar refractivity (Wildman–Crippen MR) is 47.8 cm³/mol. The third-order valence-corrected chi connectivity index (χ3v) is 1.99. The van der Waals surface area contributed by atoms with E-state index in [1.807, 2.05) is 0 Å². The highest BCUT2D eigenvalue weighted by Crippen LogP contribution is 2.16. The van der Waals surface area contributed by atoms with Crippen molar-refractivity contribution in [1.82, 2.24) is 0 Å². The minimum absolute atomic E-state index is 0.834. The summed E-state index contributed by atoms with van der Waals surface area (Å²) in [4.78, 5) is 0. The van der Waals surface area contributed by atoms with E-state index in [-0.39, 0.29) is 0 Å². The Kier molecular flexibility index (Phi) is 5.76. The van der Waals surface area contributed by atoms with Gasteiger partial charge in [-0.25, -0.2) is 0 Å². The minimum Gasteiger partial charge on any atom is -0.0651 e. The minimum atomic E-state index is 0.834. The summed E-state index contributed by atoms with van der Waals surface area (Å²) in [7, 11) is 0. The fourth-order valence-corrected chi connectivity index (χ4v) is 1.09. The smallest absolute Gasteiger partial charge is 0.0352 e. The quantitative estimate of drug-likeness (QED) is 0.548. The van der Waals surface area contributed by atoms with Crippen molar-refractivity contribution in [2.24, 2.45) is 11.8 Å². The van der Waals surface area contributed by atoms with E-state index in [1.54, 1.807) is 0 Å². The largest absolute Gasteiger partial charge is 0.0651 e. The zero-order chi connectivity index (χ0) is 7.98. The molecule has 0 saturated heterocycles. The van der Waals surface area contributed by atoms with Gasteiger partial charge in [0.05, 0.1) is 0 Å². The number of hydrogen-bond donors (Lipinski definition) is 0. The summed E-state index contributed by atoms with van der Waals surface area (Å²) >= 11 is 0. The summed E-state index contributed by atoms with van der Waals surface area (Å²) in [5.74, 6) is 1.70. The lowest BCUT2D eigenvalue weighted by Crippen LogP contribution is -2.00. The van der Waals surface area contributed by atoms with Gasteiger partial charge < -0.3 is 0 Å². The first-order chi connectivity index (χ1) is 4.70. The van der Waals surface area contributed by atoms with Gasteiger partial charge in [0.2, 0.25) is 0 Å². The molecule has 0 aromatic rings. The van der Waals surface area contributed by atoms with Crippen molar-refractivity contribution in [2.75, 3.05) is 0 Å². The predicted octanol–water partition coefficient (Wildman–Crippen LogP) is 3.67. The monoisotopic (exact) mass is 141 g/mol. The second-order valence-electron chi connectivity index (χ2n) is 3.44. The van der Waals surface area contributed by atoms with E-state index in [1.165, 1.54) is 19.3 Å². The molecule has 0 aliphatic carbocycles. The van der Waals surface area contributed by atoms with E-state index >= 15 is 0 Å². The highest BCUT2D eigenvalue weighted by molar-refractivity contribution is 4.74. The molecule has 10 heavy (non-hydrogen) atoms. The average molecular weight is 141 g/mol. The van der Waals surface area contributed by atoms with Crippen molar-refractivity contribution in [3.05, 3.63) is 6.42 Å². The topological polar surface area (TPSA) is 0 Å². The summed E-state index contributed by atoms with van der Waals surface area (Å²) in [6.45, 7) is 9.09. The maximum Gasteiger partial charge on any atom is -0.0352 e. The van der Waals surface area contributed by atoms with E-state index in [4.69, 9.17) is 0 Å². The second kappa shape index (κ2) is 5.76. The molecule has 0 spiro atoms. The molecule has 0 bridgehead atoms. The van der Waals surface area contributed by atoms with Gasteiger partial charge in [-0.2, -0.15) is 0 Å². The second-order valence-corrected chi connectivity index (χ2v) is 3.44. The first-order valence-electron chi connectivity index (χ1n) is 4.54. The molecule has 0 fully saturated rings. The van der Waals surface area contributed by atoms with Crippen LogP contribution in [0.4, 0.5) is 0 Å². The molecule has 61 valence electrons. The van der Waals surface area contributed by atoms with Crippen LogP contribution in [0, 0.1) is 18.3 Å². The van der Waals surface area contributed by atoms with Gasteiger partial charge in [0.15, 0.2) is 0 Å². The Morgan fingerprint density at radius 3 is 1.90 bits per heavy atom. The number of hydrogen-bond acceptors (Lipinski definition) is 0. The molecule has 0 heterocycles. The lowest BCUT2D eigenvalue weighted by Gasteiger charge is -2.12. The Morgan fingerprint density at radius 2 is 1.60 bits per heavy atom. The Labute approximate surface area is 66.0 Å². The highest BCUT2D eigenvalue weighted by atomic mass is 14.1. The van der Waals surface area contributed by atoms with Crippen LogP contribution in [-0.4, -0.2) is 0 Å². The van der Waals surface area contributed by atoms with E-state index in [0.29, 0.717) is 0 Å². The van der Waals surface area contributed by atoms with E-state index in [2.05, 4.69) is 34.1 Å². The van der Waals surface area contributed by atoms with Crippen molar-refractivity contribution in [3.8, 4) is 0 Å². The van der Waals surface area contributed by atoms with Crippen molar-refractivity contribution >= 4 is 0 Å². The lowest BCUT2D eigenvalue weighted by atomic mass is 9.94. The summed E-state index contributed by atoms with van der Waals surface area (Å²) in [6, 6.07) is 0. The van der Waals surface area contributed by atoms with Crippen LogP contribution in [0.3, 0.4) is 0 Å². The van der Waals surface area contributed by atoms with Crippen LogP contribution in [0.25, 0.3) is 0 Å². The Morgan fingerprint density at radius 1 is 1.10 bits per heavy atom. The molecule has 0 saturated carbocycles. The molecule has 0 heteroatoms. The Balaban J connectivity index is 3.26. The van der Waals surface area contributed by atoms with Crippen molar-refractivity contribution in [2.45, 2.75) is 47.0 Å². The molecular weight excluding hydrogens is 120 g/mol. The van der Waals surface area contributed by atoms with Crippen LogP contribution < -0.4 is 0 Å². The summed E-state index contributed by atoms with van der Waals surface area (Å²) in [5, 5.41) is 0. The van der Waals surface area contributed by atoms with Crippen LogP contribution >= 0.6 is 0 Å². The maximum absolute atomic E-state index is 2.48. The fraction of sp³-hybridized carbons (Fsp3) is 0.900. The van der Waals surface area contributed by atoms with Gasteiger partial charge in [-0.05, 0) is 24.7 Å². The lowest BCUT2D eigenvalue weighted by molar-refractivity contribution is 0.502. The maximum atomic E-state index is 2.48. The van der Waals surface area contributed by atoms with E-state index in [9.17, 15) is 0 Å². The number of rotatable bonds is 5. The van der Waals surface area contributed by atoms with Crippen LogP contribution in [0.5, 0.6) is 0 Å². The molecule has 0 atom stereocenters. The zero-order valence-electron chi connectivity index (χ0n) is 7.85. The summed E-state index contributed by atoms with van der Waals surface area (Å²) < 4.78 is 0. The third-order valence-electron chi connectivity index (χ3n) is 1.99. The molecule has 0 aromatic heterocycles. The normalized spacial score (nSPS) is 11.4. The van der Waals surface area contributed by atoms with Crippen LogP contribution in [0.15, 0.2) is 0 Å². The average Bonchev–Trinajstić information content (AvgIpc) is 1.90. The fourth-order valence-electron chi connectivity index (χ4n) is 1.09. The SMILES string of the molecule is CCC([CH]CC(C)C)CC. The van der Waals surface area contributed by atoms with Crippen LogP contribution in [0.2, 0.25) is 0 Å². The molecule has 1 radical (unpaired) electrons. The molecule has 0 unspecified atom stereocenters. The highest BCUT2D eigenvalue weighted by Gasteiger charge is 2.03. The van der Waals surface area contributed by atoms with Crippen molar-refractivity contribution in [3.63, 3.8) is 0 Å². The van der Waals surface area contributed by atoms with Gasteiger partial charge in [-0.15, -0.1) is 0 Å². The Bertz CT molecular complexity index is 60.4. The molecule has 0 amide bonds. The molecule has 0 N–H and O–H groups in total. The standard InChI is InChI=1S/C10H21/c1-5-10(6-2)8-7-9(3)4/h8-10H,5-7H2,1-4H3. The molecule has 0 aliphatic rings. The van der Waals surface area contributed by atoms with Gasteiger partial charge >= 0.3 is 0 Å². The van der Waals surface area contributed by atoms with Gasteiger partial charge in [-0.1, -0.05) is 40.5 Å². The van der Waals surface area contributed by atoms with Gasteiger partial charge in [0, 0.05) is 0 Å². The van der Waals surface area contributed by atoms with Gasteiger partial charge in [0.25, 0.3) is 0 Å². The first-order valence-corrected chi connectivity index (χ1v) is 4.54. The van der Waals surface area contributed by atoms with Gasteiger partial charge in [-0.3, -0.25) is 0 Å². The molecular formula is C10H21. The first kappa shape index (κ1) is 10.0. The van der Waals surface area contributed by atoms with E-state index < -0.39 is 0 Å². The molecule has 0 nitrogen and oxygen atoms in total. The zero-order valence-corrected chi connectivity index (χ0v) is 7.85. The van der Waals surface area contributed by atoms with Crippen LogP contribution in [0.1, 0.15) is 47.0 Å². The van der Waals surface area contributed by atoms with Crippen molar-refractivity contribution in [1.29, 1.82) is 0 Å². The molecule has 0 aromatic carbocycles. The van der Waals surface area contributed by atoms with Crippen molar-refractivity contribution < 1.29 is 0 Å². The van der Waals surface area contributed by atoms with Crippen LogP contribution in [-0.2, 0) is 0 Å². The third kappa shape index (κ3) is 4.84. The molecule has 0 rings (SSSR count). The Hall–Kier alpha value is 0. The molecule has 0 aliphatic heterocycles. The summed E-state index contributed by atoms with van der Waals surface area (Å²) in [6.07, 6.45) is 6.38. The summed E-state index contributed by atoms with van der Waals surface area (Å²) in [5.41, 5.74) is 0.